The molecule has 3 N–H and O–H groups in total. The molecule has 5 heteroatoms. The van der Waals surface area contributed by atoms with Gasteiger partial charge in [-0.05, 0) is 69.0 Å². The van der Waals surface area contributed by atoms with Crippen molar-refractivity contribution in [1.82, 2.24) is 5.32 Å². The van der Waals surface area contributed by atoms with Gasteiger partial charge < -0.3 is 15.7 Å². The third-order valence-corrected chi connectivity index (χ3v) is 3.99. The monoisotopic (exact) mass is 290 g/mol. The minimum Gasteiger partial charge on any atom is -0.478 e. The van der Waals surface area contributed by atoms with Crippen molar-refractivity contribution in [3.8, 4) is 0 Å². The fourth-order valence-corrected chi connectivity index (χ4v) is 2.66. The van der Waals surface area contributed by atoms with Crippen molar-refractivity contribution in [2.24, 2.45) is 5.92 Å². The van der Waals surface area contributed by atoms with Gasteiger partial charge in [0.1, 0.15) is 0 Å². The van der Waals surface area contributed by atoms with Gasteiger partial charge in [-0.1, -0.05) is 0 Å². The van der Waals surface area contributed by atoms with E-state index in [4.69, 9.17) is 5.11 Å². The summed E-state index contributed by atoms with van der Waals surface area (Å²) in [6.07, 6.45) is 3.71. The van der Waals surface area contributed by atoms with Crippen LogP contribution >= 0.6 is 0 Å². The number of rotatable bonds is 5. The average Bonchev–Trinajstić information content (AvgIpc) is 2.48. The standard InChI is InChI=1S/C16H22N2O3/c1-11-10-13(16(20)21)3-4-14(11)18-15(19)5-2-12-6-8-17-9-7-12/h3-4,10,12,17H,2,5-9H2,1H3,(H,18,19)(H,20,21). The van der Waals surface area contributed by atoms with Gasteiger partial charge >= 0.3 is 5.97 Å². The molecule has 1 heterocycles. The van der Waals surface area contributed by atoms with Crippen molar-refractivity contribution in [3.05, 3.63) is 29.3 Å². The second kappa shape index (κ2) is 7.22. The summed E-state index contributed by atoms with van der Waals surface area (Å²) in [6, 6.07) is 4.74. The molecule has 0 atom stereocenters. The molecule has 0 aromatic heterocycles. The van der Waals surface area contributed by atoms with Crippen LogP contribution in [0.4, 0.5) is 5.69 Å². The number of aryl methyl sites for hydroxylation is 1. The molecule has 1 saturated heterocycles. The van der Waals surface area contributed by atoms with Gasteiger partial charge in [0.2, 0.25) is 5.91 Å². The van der Waals surface area contributed by atoms with E-state index in [9.17, 15) is 9.59 Å². The zero-order chi connectivity index (χ0) is 15.2. The summed E-state index contributed by atoms with van der Waals surface area (Å²) in [7, 11) is 0. The van der Waals surface area contributed by atoms with Crippen molar-refractivity contribution in [2.45, 2.75) is 32.6 Å². The molecular weight excluding hydrogens is 268 g/mol. The number of piperidine rings is 1. The topological polar surface area (TPSA) is 78.4 Å². The zero-order valence-electron chi connectivity index (χ0n) is 12.3. The van der Waals surface area contributed by atoms with E-state index in [1.165, 1.54) is 6.07 Å². The minimum atomic E-state index is -0.957. The molecule has 2 rings (SSSR count). The number of benzene rings is 1. The summed E-state index contributed by atoms with van der Waals surface area (Å²) >= 11 is 0. The lowest BCUT2D eigenvalue weighted by molar-refractivity contribution is -0.116. The van der Waals surface area contributed by atoms with Crippen LogP contribution in [0, 0.1) is 12.8 Å². The normalized spacial score (nSPS) is 15.7. The quantitative estimate of drug-likeness (QED) is 0.778. The highest BCUT2D eigenvalue weighted by Gasteiger charge is 2.15. The lowest BCUT2D eigenvalue weighted by Crippen LogP contribution is -2.28. The number of amides is 1. The maximum Gasteiger partial charge on any atom is 0.335 e. The molecule has 0 bridgehead atoms. The Bertz CT molecular complexity index is 522. The van der Waals surface area contributed by atoms with Crippen LogP contribution in [0.3, 0.4) is 0 Å². The van der Waals surface area contributed by atoms with Crippen LogP contribution in [-0.2, 0) is 4.79 Å². The number of hydrogen-bond donors (Lipinski definition) is 3. The number of hydrogen-bond acceptors (Lipinski definition) is 3. The summed E-state index contributed by atoms with van der Waals surface area (Å²) in [4.78, 5) is 22.9. The Kier molecular flexibility index (Phi) is 5.33. The molecule has 114 valence electrons. The number of carboxylic acids is 1. The number of aromatic carboxylic acids is 1. The lowest BCUT2D eigenvalue weighted by Gasteiger charge is -2.22. The van der Waals surface area contributed by atoms with Crippen molar-refractivity contribution in [3.63, 3.8) is 0 Å². The molecular formula is C16H22N2O3. The maximum atomic E-state index is 12.0. The molecule has 1 aromatic rings. The Hall–Kier alpha value is -1.88. The number of carbonyl (C=O) groups is 2. The van der Waals surface area contributed by atoms with Gasteiger partial charge in [0.15, 0.2) is 0 Å². The Balaban J connectivity index is 1.85. The van der Waals surface area contributed by atoms with Crippen LogP contribution in [0.5, 0.6) is 0 Å². The lowest BCUT2D eigenvalue weighted by atomic mass is 9.93. The molecule has 0 saturated carbocycles. The van der Waals surface area contributed by atoms with E-state index >= 15 is 0 Å². The molecule has 0 spiro atoms. The zero-order valence-corrected chi connectivity index (χ0v) is 12.3. The van der Waals surface area contributed by atoms with Crippen LogP contribution in [0.2, 0.25) is 0 Å². The van der Waals surface area contributed by atoms with Crippen molar-refractivity contribution < 1.29 is 14.7 Å². The van der Waals surface area contributed by atoms with E-state index in [2.05, 4.69) is 10.6 Å². The van der Waals surface area contributed by atoms with E-state index in [0.29, 0.717) is 18.0 Å². The molecule has 1 aromatic carbocycles. The molecule has 1 aliphatic heterocycles. The predicted octanol–water partition coefficient (Wildman–Crippen LogP) is 2.41. The van der Waals surface area contributed by atoms with Crippen LogP contribution in [0.15, 0.2) is 18.2 Å². The molecule has 1 fully saturated rings. The van der Waals surface area contributed by atoms with Gasteiger partial charge in [-0.15, -0.1) is 0 Å². The summed E-state index contributed by atoms with van der Waals surface area (Å²) in [5.41, 5.74) is 1.70. The molecule has 0 unspecified atom stereocenters. The first kappa shape index (κ1) is 15.5. The van der Waals surface area contributed by atoms with Gasteiger partial charge in [-0.25, -0.2) is 4.79 Å². The van der Waals surface area contributed by atoms with E-state index in [-0.39, 0.29) is 11.5 Å². The summed E-state index contributed by atoms with van der Waals surface area (Å²) in [5.74, 6) is -0.325. The van der Waals surface area contributed by atoms with Crippen LogP contribution in [-0.4, -0.2) is 30.1 Å². The van der Waals surface area contributed by atoms with Gasteiger partial charge in [0, 0.05) is 12.1 Å². The van der Waals surface area contributed by atoms with E-state index in [1.54, 1.807) is 19.1 Å². The molecule has 5 nitrogen and oxygen atoms in total. The van der Waals surface area contributed by atoms with Crippen LogP contribution < -0.4 is 10.6 Å². The third-order valence-electron chi connectivity index (χ3n) is 3.99. The minimum absolute atomic E-state index is 0.000271. The van der Waals surface area contributed by atoms with E-state index < -0.39 is 5.97 Å². The number of anilines is 1. The second-order valence-electron chi connectivity index (χ2n) is 5.62. The summed E-state index contributed by atoms with van der Waals surface area (Å²) in [6.45, 7) is 3.89. The van der Waals surface area contributed by atoms with E-state index in [1.807, 2.05) is 0 Å². The van der Waals surface area contributed by atoms with Crippen molar-refractivity contribution >= 4 is 17.6 Å². The molecule has 21 heavy (non-hydrogen) atoms. The van der Waals surface area contributed by atoms with Crippen LogP contribution in [0.25, 0.3) is 0 Å². The number of nitrogens with one attached hydrogen (secondary N) is 2. The average molecular weight is 290 g/mol. The second-order valence-corrected chi connectivity index (χ2v) is 5.62. The maximum absolute atomic E-state index is 12.0. The third kappa shape index (κ3) is 4.56. The van der Waals surface area contributed by atoms with Crippen molar-refractivity contribution in [2.75, 3.05) is 18.4 Å². The Morgan fingerprint density at radius 3 is 2.67 bits per heavy atom. The van der Waals surface area contributed by atoms with E-state index in [0.717, 1.165) is 37.9 Å². The highest BCUT2D eigenvalue weighted by molar-refractivity contribution is 5.93. The predicted molar refractivity (Wildman–Crippen MR) is 81.6 cm³/mol. The first-order valence-corrected chi connectivity index (χ1v) is 7.41. The fraction of sp³-hybridized carbons (Fsp3) is 0.500. The smallest absolute Gasteiger partial charge is 0.335 e. The van der Waals surface area contributed by atoms with Gasteiger partial charge in [0.25, 0.3) is 0 Å². The number of carbonyl (C=O) groups excluding carboxylic acids is 1. The highest BCUT2D eigenvalue weighted by atomic mass is 16.4. The SMILES string of the molecule is Cc1cc(C(=O)O)ccc1NC(=O)CCC1CCNCC1. The molecule has 1 amide bonds. The number of carboxylic acid groups (broad SMARTS) is 1. The van der Waals surface area contributed by atoms with Crippen LogP contribution in [0.1, 0.15) is 41.6 Å². The largest absolute Gasteiger partial charge is 0.478 e. The summed E-state index contributed by atoms with van der Waals surface area (Å²) in [5, 5.41) is 15.1. The first-order valence-electron chi connectivity index (χ1n) is 7.41. The molecule has 0 aliphatic carbocycles. The highest BCUT2D eigenvalue weighted by Crippen LogP contribution is 2.20. The fourth-order valence-electron chi connectivity index (χ4n) is 2.66. The van der Waals surface area contributed by atoms with Gasteiger partial charge in [-0.3, -0.25) is 4.79 Å². The van der Waals surface area contributed by atoms with Gasteiger partial charge in [0.05, 0.1) is 5.56 Å². The first-order chi connectivity index (χ1) is 10.1. The van der Waals surface area contributed by atoms with Gasteiger partial charge in [-0.2, -0.15) is 0 Å². The Morgan fingerprint density at radius 2 is 2.05 bits per heavy atom. The molecule has 0 radical (unpaired) electrons. The Morgan fingerprint density at radius 1 is 1.33 bits per heavy atom. The van der Waals surface area contributed by atoms with Crippen molar-refractivity contribution in [1.29, 1.82) is 0 Å². The molecule has 1 aliphatic rings. The Labute approximate surface area is 124 Å². The summed E-state index contributed by atoms with van der Waals surface area (Å²) < 4.78 is 0.